The molecule has 0 radical (unpaired) electrons. The molecule has 2 rings (SSSR count). The van der Waals surface area contributed by atoms with Crippen LogP contribution in [0.2, 0.25) is 4.34 Å². The summed E-state index contributed by atoms with van der Waals surface area (Å²) >= 11 is 12.5. The average Bonchev–Trinajstić information content (AvgIpc) is 3.04. The molecule has 2 N–H and O–H groups in total. The van der Waals surface area contributed by atoms with Crippen LogP contribution in [-0.2, 0) is 4.74 Å². The molecule has 4 nitrogen and oxygen atoms in total. The van der Waals surface area contributed by atoms with Crippen LogP contribution < -0.4 is 10.7 Å². The summed E-state index contributed by atoms with van der Waals surface area (Å²) in [5.41, 5.74) is 3.69. The number of rotatable bonds is 4. The monoisotopic (exact) mass is 317 g/mol. The Morgan fingerprint density at radius 2 is 2.47 bits per heavy atom. The van der Waals surface area contributed by atoms with Crippen molar-refractivity contribution in [1.29, 1.82) is 0 Å². The molecular formula is C12H16ClN3OS2. The number of hydrogen-bond acceptors (Lipinski definition) is 4. The average molecular weight is 318 g/mol. The minimum Gasteiger partial charge on any atom is -0.376 e. The van der Waals surface area contributed by atoms with Crippen LogP contribution in [0, 0.1) is 0 Å². The lowest BCUT2D eigenvalue weighted by Gasteiger charge is -2.12. The summed E-state index contributed by atoms with van der Waals surface area (Å²) < 4.78 is 6.26. The van der Waals surface area contributed by atoms with Crippen molar-refractivity contribution in [1.82, 2.24) is 10.7 Å². The quantitative estimate of drug-likeness (QED) is 0.509. The number of hydrazone groups is 1. The zero-order chi connectivity index (χ0) is 13.7. The van der Waals surface area contributed by atoms with Crippen LogP contribution >= 0.6 is 35.2 Å². The third-order valence-electron chi connectivity index (χ3n) is 2.77. The standard InChI is InChI=1S/C12H16ClN3OS2/c1-8(10-4-5-11(13)19-10)15-16-12(18)14-7-9-3-2-6-17-9/h4-5,9H,2-3,6-7H2,1H3,(H2,14,16,18)/b15-8+. The predicted molar refractivity (Wildman–Crippen MR) is 84.3 cm³/mol. The fraction of sp³-hybridized carbons (Fsp3) is 0.500. The van der Waals surface area contributed by atoms with Gasteiger partial charge in [-0.3, -0.25) is 5.43 Å². The van der Waals surface area contributed by atoms with E-state index in [9.17, 15) is 0 Å². The van der Waals surface area contributed by atoms with Gasteiger partial charge in [0.15, 0.2) is 5.11 Å². The molecule has 1 aliphatic heterocycles. The van der Waals surface area contributed by atoms with Gasteiger partial charge >= 0.3 is 0 Å². The molecule has 0 aromatic carbocycles. The third kappa shape index (κ3) is 4.72. The first-order valence-corrected chi connectivity index (χ1v) is 7.71. The largest absolute Gasteiger partial charge is 0.376 e. The number of halogens is 1. The second-order valence-electron chi connectivity index (χ2n) is 4.26. The van der Waals surface area contributed by atoms with Gasteiger partial charge in [0.2, 0.25) is 0 Å². The van der Waals surface area contributed by atoms with Crippen molar-refractivity contribution in [2.75, 3.05) is 13.2 Å². The zero-order valence-electron chi connectivity index (χ0n) is 10.6. The Morgan fingerprint density at radius 3 is 3.11 bits per heavy atom. The number of ether oxygens (including phenoxy) is 1. The van der Waals surface area contributed by atoms with Crippen molar-refractivity contribution in [3.63, 3.8) is 0 Å². The molecule has 1 aromatic heterocycles. The van der Waals surface area contributed by atoms with Crippen molar-refractivity contribution < 1.29 is 4.74 Å². The molecule has 1 aromatic rings. The molecule has 0 spiro atoms. The zero-order valence-corrected chi connectivity index (χ0v) is 13.0. The minimum atomic E-state index is 0.265. The third-order valence-corrected chi connectivity index (χ3v) is 4.34. The van der Waals surface area contributed by atoms with E-state index in [4.69, 9.17) is 28.6 Å². The van der Waals surface area contributed by atoms with Crippen molar-refractivity contribution in [2.24, 2.45) is 5.10 Å². The minimum absolute atomic E-state index is 0.265. The molecular weight excluding hydrogens is 302 g/mol. The topological polar surface area (TPSA) is 45.7 Å². The highest BCUT2D eigenvalue weighted by atomic mass is 35.5. The molecule has 1 fully saturated rings. The number of nitrogens with zero attached hydrogens (tertiary/aromatic N) is 1. The van der Waals surface area contributed by atoms with Crippen molar-refractivity contribution in [3.8, 4) is 0 Å². The van der Waals surface area contributed by atoms with E-state index >= 15 is 0 Å². The second-order valence-corrected chi connectivity index (χ2v) is 6.38. The molecule has 1 unspecified atom stereocenters. The van der Waals surface area contributed by atoms with Crippen LogP contribution in [0.5, 0.6) is 0 Å². The number of nitrogens with one attached hydrogen (secondary N) is 2. The van der Waals surface area contributed by atoms with E-state index in [0.29, 0.717) is 5.11 Å². The van der Waals surface area contributed by atoms with Gasteiger partial charge in [0.1, 0.15) is 0 Å². The lowest BCUT2D eigenvalue weighted by molar-refractivity contribution is 0.114. The van der Waals surface area contributed by atoms with Gasteiger partial charge in [0, 0.05) is 13.2 Å². The summed E-state index contributed by atoms with van der Waals surface area (Å²) in [4.78, 5) is 1.03. The Kier molecular flexibility index (Phi) is 5.57. The highest BCUT2D eigenvalue weighted by Gasteiger charge is 2.15. The maximum Gasteiger partial charge on any atom is 0.187 e. The van der Waals surface area contributed by atoms with Crippen LogP contribution in [0.4, 0.5) is 0 Å². The lowest BCUT2D eigenvalue weighted by Crippen LogP contribution is -2.37. The van der Waals surface area contributed by atoms with E-state index in [1.807, 2.05) is 19.1 Å². The van der Waals surface area contributed by atoms with E-state index in [2.05, 4.69) is 15.8 Å². The Bertz CT molecular complexity index is 469. The molecule has 1 saturated heterocycles. The summed E-state index contributed by atoms with van der Waals surface area (Å²) in [6.07, 6.45) is 2.48. The van der Waals surface area contributed by atoms with Crippen LogP contribution in [-0.4, -0.2) is 30.1 Å². The summed E-state index contributed by atoms with van der Waals surface area (Å²) in [5.74, 6) is 0. The van der Waals surface area contributed by atoms with E-state index in [1.165, 1.54) is 11.3 Å². The van der Waals surface area contributed by atoms with E-state index in [0.717, 1.165) is 40.9 Å². The summed E-state index contributed by atoms with van der Waals surface area (Å²) in [6, 6.07) is 3.80. The Morgan fingerprint density at radius 1 is 1.63 bits per heavy atom. The highest BCUT2D eigenvalue weighted by molar-refractivity contribution is 7.80. The predicted octanol–water partition coefficient (Wildman–Crippen LogP) is 2.77. The van der Waals surface area contributed by atoms with Gasteiger partial charge in [-0.2, -0.15) is 5.10 Å². The Hall–Kier alpha value is -0.690. The number of hydrogen-bond donors (Lipinski definition) is 2. The molecule has 19 heavy (non-hydrogen) atoms. The molecule has 104 valence electrons. The van der Waals surface area contributed by atoms with Gasteiger partial charge in [0.25, 0.3) is 0 Å². The van der Waals surface area contributed by atoms with Crippen LogP contribution in [0.1, 0.15) is 24.6 Å². The van der Waals surface area contributed by atoms with E-state index in [-0.39, 0.29) is 6.10 Å². The summed E-state index contributed by atoms with van der Waals surface area (Å²) in [7, 11) is 0. The first-order chi connectivity index (χ1) is 9.15. The normalized spacial score (nSPS) is 19.5. The summed E-state index contributed by atoms with van der Waals surface area (Å²) in [6.45, 7) is 3.49. The molecule has 0 saturated carbocycles. The van der Waals surface area contributed by atoms with Crippen molar-refractivity contribution in [3.05, 3.63) is 21.3 Å². The maximum atomic E-state index is 5.88. The van der Waals surface area contributed by atoms with Crippen LogP contribution in [0.25, 0.3) is 0 Å². The number of thiocarbonyl (C=S) groups is 1. The number of thiophene rings is 1. The summed E-state index contributed by atoms with van der Waals surface area (Å²) in [5, 5.41) is 7.84. The van der Waals surface area contributed by atoms with Gasteiger partial charge < -0.3 is 10.1 Å². The maximum absolute atomic E-state index is 5.88. The van der Waals surface area contributed by atoms with E-state index < -0.39 is 0 Å². The Labute approximate surface area is 127 Å². The highest BCUT2D eigenvalue weighted by Crippen LogP contribution is 2.21. The molecule has 7 heteroatoms. The molecule has 1 aliphatic rings. The molecule has 2 heterocycles. The van der Waals surface area contributed by atoms with E-state index in [1.54, 1.807) is 0 Å². The first-order valence-electron chi connectivity index (χ1n) is 6.10. The lowest BCUT2D eigenvalue weighted by atomic mass is 10.2. The second kappa shape index (κ2) is 7.19. The molecule has 0 bridgehead atoms. The SMILES string of the molecule is C/C(=N\NC(=S)NCC1CCCO1)c1ccc(Cl)s1. The smallest absolute Gasteiger partial charge is 0.187 e. The van der Waals surface area contributed by atoms with Gasteiger partial charge in [0.05, 0.1) is 21.0 Å². The van der Waals surface area contributed by atoms with Gasteiger partial charge in [-0.25, -0.2) is 0 Å². The first kappa shape index (κ1) is 14.7. The van der Waals surface area contributed by atoms with Gasteiger partial charge in [-0.1, -0.05) is 11.6 Å². The van der Waals surface area contributed by atoms with Crippen LogP contribution in [0.15, 0.2) is 17.2 Å². The molecule has 1 atom stereocenters. The van der Waals surface area contributed by atoms with Crippen molar-refractivity contribution in [2.45, 2.75) is 25.9 Å². The Balaban J connectivity index is 1.75. The molecule has 0 amide bonds. The fourth-order valence-electron chi connectivity index (χ4n) is 1.75. The van der Waals surface area contributed by atoms with Gasteiger partial charge in [-0.05, 0) is 44.1 Å². The van der Waals surface area contributed by atoms with Crippen LogP contribution in [0.3, 0.4) is 0 Å². The molecule has 0 aliphatic carbocycles. The fourth-order valence-corrected chi connectivity index (χ4v) is 2.87. The van der Waals surface area contributed by atoms with Crippen molar-refractivity contribution >= 4 is 46.0 Å². The van der Waals surface area contributed by atoms with Gasteiger partial charge in [-0.15, -0.1) is 11.3 Å².